The van der Waals surface area contributed by atoms with Gasteiger partial charge in [0.15, 0.2) is 10.9 Å². The van der Waals surface area contributed by atoms with Crippen molar-refractivity contribution in [3.63, 3.8) is 0 Å². The Bertz CT molecular complexity index is 1460. The number of benzene rings is 2. The summed E-state index contributed by atoms with van der Waals surface area (Å²) >= 11 is 4.80. The number of thioether (sulfide) groups is 1. The van der Waals surface area contributed by atoms with Crippen LogP contribution in [0.15, 0.2) is 74.2 Å². The molecule has 0 amide bonds. The molecular weight excluding hydrogens is 544 g/mol. The number of hydrogen-bond acceptors (Lipinski definition) is 7. The number of nitro groups is 1. The van der Waals surface area contributed by atoms with Crippen LogP contribution in [0.4, 0.5) is 11.5 Å². The van der Waals surface area contributed by atoms with E-state index in [1.54, 1.807) is 12.1 Å². The van der Waals surface area contributed by atoms with Gasteiger partial charge in [0.2, 0.25) is 0 Å². The Morgan fingerprint density at radius 3 is 2.47 bits per heavy atom. The van der Waals surface area contributed by atoms with Crippen molar-refractivity contribution in [2.24, 2.45) is 5.41 Å². The van der Waals surface area contributed by atoms with E-state index in [1.165, 1.54) is 23.9 Å². The quantitative estimate of drug-likeness (QED) is 0.170. The minimum absolute atomic E-state index is 0.0290. The first-order valence-electron chi connectivity index (χ1n) is 11.4. The predicted molar refractivity (Wildman–Crippen MR) is 142 cm³/mol. The number of fused-ring (bicyclic) bond motifs is 1. The minimum Gasteiger partial charge on any atom is -0.343 e. The van der Waals surface area contributed by atoms with Crippen molar-refractivity contribution < 1.29 is 9.72 Å². The molecule has 2 aliphatic rings. The number of nitro benzene ring substituents is 1. The van der Waals surface area contributed by atoms with E-state index in [4.69, 9.17) is 4.98 Å². The lowest BCUT2D eigenvalue weighted by Gasteiger charge is -2.38. The van der Waals surface area contributed by atoms with Crippen LogP contribution in [0, 0.1) is 15.5 Å². The van der Waals surface area contributed by atoms with Crippen molar-refractivity contribution in [1.29, 1.82) is 0 Å². The summed E-state index contributed by atoms with van der Waals surface area (Å²) in [6.07, 6.45) is 1.10. The van der Waals surface area contributed by atoms with Crippen molar-refractivity contribution in [1.82, 2.24) is 9.97 Å². The number of ketones is 1. The Morgan fingerprint density at radius 2 is 1.81 bits per heavy atom. The largest absolute Gasteiger partial charge is 0.343 e. The lowest BCUT2D eigenvalue weighted by molar-refractivity contribution is -0.384. The van der Waals surface area contributed by atoms with Crippen LogP contribution in [0.1, 0.15) is 49.3 Å². The molecule has 1 aliphatic heterocycles. The molecule has 0 fully saturated rings. The highest BCUT2D eigenvalue weighted by atomic mass is 79.9. The van der Waals surface area contributed by atoms with Gasteiger partial charge in [-0.2, -0.15) is 0 Å². The summed E-state index contributed by atoms with van der Waals surface area (Å²) in [5.74, 6) is 0.485. The lowest BCUT2D eigenvalue weighted by atomic mass is 9.69. The number of non-ortho nitro benzene ring substituents is 1. The molecule has 8 nitrogen and oxygen atoms in total. The molecule has 1 aromatic heterocycles. The van der Waals surface area contributed by atoms with Gasteiger partial charge in [0.05, 0.1) is 10.5 Å². The van der Waals surface area contributed by atoms with Gasteiger partial charge in [-0.25, -0.2) is 4.98 Å². The highest BCUT2D eigenvalue weighted by Gasteiger charge is 2.42. The van der Waals surface area contributed by atoms with Gasteiger partial charge in [0.25, 0.3) is 11.2 Å². The molecule has 0 spiro atoms. The number of allylic oxidation sites excluding steroid dienone is 2. The van der Waals surface area contributed by atoms with E-state index in [2.05, 4.69) is 40.1 Å². The number of nitrogens with one attached hydrogen (secondary N) is 2. The predicted octanol–water partition coefficient (Wildman–Crippen LogP) is 5.93. The van der Waals surface area contributed by atoms with E-state index < -0.39 is 10.8 Å². The molecule has 2 N–H and O–H groups in total. The molecule has 2 aromatic carbocycles. The van der Waals surface area contributed by atoms with Crippen molar-refractivity contribution in [3.05, 3.63) is 101 Å². The van der Waals surface area contributed by atoms with E-state index in [-0.39, 0.29) is 22.4 Å². The van der Waals surface area contributed by atoms with Crippen LogP contribution < -0.4 is 10.9 Å². The molecule has 0 radical (unpaired) electrons. The van der Waals surface area contributed by atoms with Crippen LogP contribution in [-0.4, -0.2) is 20.7 Å². The fourth-order valence-electron chi connectivity index (χ4n) is 4.82. The zero-order chi connectivity index (χ0) is 25.6. The highest BCUT2D eigenvalue weighted by molar-refractivity contribution is 9.10. The number of hydrogen-bond donors (Lipinski definition) is 2. The van der Waals surface area contributed by atoms with Crippen molar-refractivity contribution in [3.8, 4) is 0 Å². The van der Waals surface area contributed by atoms with E-state index in [0.29, 0.717) is 40.7 Å². The van der Waals surface area contributed by atoms with Gasteiger partial charge in [0.1, 0.15) is 5.82 Å². The van der Waals surface area contributed by atoms with Crippen LogP contribution in [0.25, 0.3) is 0 Å². The standard InChI is InChI=1S/C26H23BrN4O4S/c1-26(2)11-18-21(19(32)12-26)20(15-5-7-16(27)8-6-15)22-23(28-18)29-25(30-24(22)33)36-13-14-3-9-17(10-4-14)31(34)35/h3-10,20H,11-13H2,1-2H3,(H2,28,29,30,33). The molecule has 0 saturated heterocycles. The van der Waals surface area contributed by atoms with Crippen LogP contribution in [0.2, 0.25) is 0 Å². The second-order valence-corrected chi connectivity index (χ2v) is 11.7. The number of carbonyl (C=O) groups is 1. The number of carbonyl (C=O) groups excluding carboxylic acids is 1. The highest BCUT2D eigenvalue weighted by Crippen LogP contribution is 2.47. The van der Waals surface area contributed by atoms with E-state index >= 15 is 0 Å². The first-order valence-corrected chi connectivity index (χ1v) is 13.2. The number of aromatic nitrogens is 2. The second-order valence-electron chi connectivity index (χ2n) is 9.79. The summed E-state index contributed by atoms with van der Waals surface area (Å²) in [4.78, 5) is 44.8. The molecule has 3 aromatic rings. The molecule has 10 heteroatoms. The smallest absolute Gasteiger partial charge is 0.269 e. The fourth-order valence-corrected chi connectivity index (χ4v) is 5.90. The van der Waals surface area contributed by atoms with E-state index in [9.17, 15) is 19.7 Å². The van der Waals surface area contributed by atoms with Gasteiger partial charge in [-0.05, 0) is 35.1 Å². The zero-order valence-corrected chi connectivity index (χ0v) is 22.0. The average molecular weight is 567 g/mol. The molecule has 1 aliphatic carbocycles. The van der Waals surface area contributed by atoms with Gasteiger partial charge in [-0.15, -0.1) is 0 Å². The summed E-state index contributed by atoms with van der Waals surface area (Å²) in [5, 5.41) is 14.6. The molecule has 1 atom stereocenters. The van der Waals surface area contributed by atoms with Gasteiger partial charge in [-0.1, -0.05) is 65.8 Å². The van der Waals surface area contributed by atoms with Crippen molar-refractivity contribution in [2.45, 2.75) is 43.5 Å². The molecule has 2 heterocycles. The van der Waals surface area contributed by atoms with Gasteiger partial charge >= 0.3 is 0 Å². The first-order chi connectivity index (χ1) is 17.1. The average Bonchev–Trinajstić information content (AvgIpc) is 2.81. The SMILES string of the molecule is CC1(C)CC(=O)C2=C(C1)Nc1nc(SCc3ccc([N+](=O)[O-])cc3)[nH]c(=O)c1C2c1ccc(Br)cc1. The Labute approximate surface area is 219 Å². The monoisotopic (exact) mass is 566 g/mol. The van der Waals surface area contributed by atoms with Gasteiger partial charge < -0.3 is 10.3 Å². The van der Waals surface area contributed by atoms with Crippen LogP contribution in [0.5, 0.6) is 0 Å². The zero-order valence-electron chi connectivity index (χ0n) is 19.6. The maximum Gasteiger partial charge on any atom is 0.269 e. The van der Waals surface area contributed by atoms with E-state index in [1.807, 2.05) is 24.3 Å². The minimum atomic E-state index is -0.502. The summed E-state index contributed by atoms with van der Waals surface area (Å²) in [6, 6.07) is 14.0. The molecule has 0 bridgehead atoms. The molecule has 184 valence electrons. The van der Waals surface area contributed by atoms with Crippen molar-refractivity contribution in [2.75, 3.05) is 5.32 Å². The number of nitrogens with zero attached hydrogens (tertiary/aromatic N) is 2. The first kappa shape index (κ1) is 24.5. The van der Waals surface area contributed by atoms with E-state index in [0.717, 1.165) is 21.3 Å². The summed E-state index contributed by atoms with van der Waals surface area (Å²) < 4.78 is 0.913. The number of rotatable bonds is 5. The summed E-state index contributed by atoms with van der Waals surface area (Å²) in [5.41, 5.74) is 3.17. The third-order valence-corrected chi connectivity index (χ3v) is 7.90. The topological polar surface area (TPSA) is 118 Å². The molecule has 36 heavy (non-hydrogen) atoms. The Morgan fingerprint density at radius 1 is 1.11 bits per heavy atom. The molecule has 5 rings (SSSR count). The van der Waals surface area contributed by atoms with Crippen LogP contribution in [-0.2, 0) is 10.5 Å². The third-order valence-electron chi connectivity index (χ3n) is 6.43. The second kappa shape index (κ2) is 9.33. The number of anilines is 1. The van der Waals surface area contributed by atoms with Crippen LogP contribution in [0.3, 0.4) is 0 Å². The number of aromatic amines is 1. The molecule has 0 saturated carbocycles. The normalized spacial score (nSPS) is 18.3. The number of H-pyrrole nitrogens is 1. The Balaban J connectivity index is 1.52. The Kier molecular flexibility index (Phi) is 6.34. The lowest BCUT2D eigenvalue weighted by Crippen LogP contribution is -2.37. The number of Topliss-reactive ketones (excluding diaryl/α,β-unsaturated/α-hetero) is 1. The maximum absolute atomic E-state index is 13.4. The third kappa shape index (κ3) is 4.75. The van der Waals surface area contributed by atoms with Gasteiger partial charge in [0, 0.05) is 46.0 Å². The van der Waals surface area contributed by atoms with Crippen molar-refractivity contribution >= 4 is 45.0 Å². The number of halogens is 1. The summed E-state index contributed by atoms with van der Waals surface area (Å²) in [7, 11) is 0. The van der Waals surface area contributed by atoms with Crippen LogP contribution >= 0.6 is 27.7 Å². The maximum atomic E-state index is 13.4. The molecular formula is C26H23BrN4O4S. The summed E-state index contributed by atoms with van der Waals surface area (Å²) in [6.45, 7) is 4.13. The molecule has 1 unspecified atom stereocenters. The Hall–Kier alpha value is -3.24. The fraction of sp³-hybridized carbons (Fsp3) is 0.269. The van der Waals surface area contributed by atoms with Gasteiger partial charge in [-0.3, -0.25) is 19.7 Å².